The molecule has 0 aliphatic carbocycles. The zero-order valence-corrected chi connectivity index (χ0v) is 10.8. The SMILES string of the molecule is C=CCNC(=O)N1CCCC(Oc2ccncn2)C1. The maximum absolute atomic E-state index is 11.8. The van der Waals surface area contributed by atoms with Crippen molar-refractivity contribution >= 4 is 6.03 Å². The van der Waals surface area contributed by atoms with Crippen LogP contribution in [0, 0.1) is 0 Å². The first-order valence-electron chi connectivity index (χ1n) is 6.36. The van der Waals surface area contributed by atoms with Crippen molar-refractivity contribution in [1.29, 1.82) is 0 Å². The van der Waals surface area contributed by atoms with Crippen LogP contribution in [0.3, 0.4) is 0 Å². The van der Waals surface area contributed by atoms with Crippen LogP contribution < -0.4 is 10.1 Å². The van der Waals surface area contributed by atoms with E-state index in [0.29, 0.717) is 19.0 Å². The molecule has 0 saturated carbocycles. The topological polar surface area (TPSA) is 67.4 Å². The minimum absolute atomic E-state index is 0.0156. The standard InChI is InChI=1S/C13H18N4O2/c1-2-6-15-13(18)17-8-3-4-11(9-17)19-12-5-7-14-10-16-12/h2,5,7,10-11H,1,3-4,6,8-9H2,(H,15,18). The molecule has 1 unspecified atom stereocenters. The first-order valence-corrected chi connectivity index (χ1v) is 6.36. The van der Waals surface area contributed by atoms with Crippen molar-refractivity contribution in [2.75, 3.05) is 19.6 Å². The van der Waals surface area contributed by atoms with Crippen molar-refractivity contribution in [3.8, 4) is 5.88 Å². The van der Waals surface area contributed by atoms with E-state index in [0.717, 1.165) is 19.4 Å². The van der Waals surface area contributed by atoms with Gasteiger partial charge in [-0.1, -0.05) is 6.08 Å². The van der Waals surface area contributed by atoms with Gasteiger partial charge in [0.2, 0.25) is 5.88 Å². The molecule has 6 heteroatoms. The molecule has 2 amide bonds. The van der Waals surface area contributed by atoms with Gasteiger partial charge in [-0.25, -0.2) is 14.8 Å². The molecular weight excluding hydrogens is 244 g/mol. The predicted octanol–water partition coefficient (Wildman–Crippen LogP) is 1.22. The van der Waals surface area contributed by atoms with Gasteiger partial charge in [0.1, 0.15) is 12.4 Å². The van der Waals surface area contributed by atoms with E-state index >= 15 is 0 Å². The lowest BCUT2D eigenvalue weighted by atomic mass is 10.1. The Bertz CT molecular complexity index is 424. The van der Waals surface area contributed by atoms with Gasteiger partial charge in [0.05, 0.1) is 6.54 Å². The summed E-state index contributed by atoms with van der Waals surface area (Å²) in [5.41, 5.74) is 0. The summed E-state index contributed by atoms with van der Waals surface area (Å²) < 4.78 is 5.75. The Balaban J connectivity index is 1.86. The molecule has 2 heterocycles. The number of likely N-dealkylation sites (tertiary alicyclic amines) is 1. The highest BCUT2D eigenvalue weighted by atomic mass is 16.5. The number of carbonyl (C=O) groups is 1. The number of hydrogen-bond donors (Lipinski definition) is 1. The summed E-state index contributed by atoms with van der Waals surface area (Å²) in [4.78, 5) is 21.5. The molecule has 19 heavy (non-hydrogen) atoms. The number of amides is 2. The zero-order chi connectivity index (χ0) is 13.5. The van der Waals surface area contributed by atoms with Crippen molar-refractivity contribution in [2.45, 2.75) is 18.9 Å². The van der Waals surface area contributed by atoms with Gasteiger partial charge in [-0.3, -0.25) is 0 Å². The van der Waals surface area contributed by atoms with E-state index in [-0.39, 0.29) is 12.1 Å². The second-order valence-corrected chi connectivity index (χ2v) is 4.35. The normalized spacial score (nSPS) is 18.7. The molecule has 0 aromatic carbocycles. The molecule has 1 aromatic heterocycles. The van der Waals surface area contributed by atoms with E-state index in [1.807, 2.05) is 0 Å². The Hall–Kier alpha value is -2.11. The van der Waals surface area contributed by atoms with E-state index < -0.39 is 0 Å². The number of carbonyl (C=O) groups excluding carboxylic acids is 1. The monoisotopic (exact) mass is 262 g/mol. The highest BCUT2D eigenvalue weighted by molar-refractivity contribution is 5.74. The maximum Gasteiger partial charge on any atom is 0.317 e. The van der Waals surface area contributed by atoms with Crippen molar-refractivity contribution in [3.63, 3.8) is 0 Å². The van der Waals surface area contributed by atoms with Crippen LogP contribution in [0.1, 0.15) is 12.8 Å². The number of rotatable bonds is 4. The van der Waals surface area contributed by atoms with Gasteiger partial charge in [-0.2, -0.15) is 0 Å². The molecule has 1 N–H and O–H groups in total. The first-order chi connectivity index (χ1) is 9.29. The van der Waals surface area contributed by atoms with Gasteiger partial charge in [0.25, 0.3) is 0 Å². The summed E-state index contributed by atoms with van der Waals surface area (Å²) in [5.74, 6) is 0.549. The Morgan fingerprint density at radius 3 is 3.32 bits per heavy atom. The Kier molecular flexibility index (Phi) is 4.72. The van der Waals surface area contributed by atoms with Crippen molar-refractivity contribution in [2.24, 2.45) is 0 Å². The van der Waals surface area contributed by atoms with Gasteiger partial charge in [0, 0.05) is 25.4 Å². The summed E-state index contributed by atoms with van der Waals surface area (Å²) in [7, 11) is 0. The second kappa shape index (κ2) is 6.72. The van der Waals surface area contributed by atoms with E-state index in [4.69, 9.17) is 4.74 Å². The van der Waals surface area contributed by atoms with Gasteiger partial charge < -0.3 is 15.0 Å². The molecule has 2 rings (SSSR count). The fourth-order valence-electron chi connectivity index (χ4n) is 2.01. The average molecular weight is 262 g/mol. The lowest BCUT2D eigenvalue weighted by Crippen LogP contribution is -2.48. The summed E-state index contributed by atoms with van der Waals surface area (Å²) >= 11 is 0. The number of urea groups is 1. The summed E-state index contributed by atoms with van der Waals surface area (Å²) in [6, 6.07) is 1.65. The molecule has 1 aliphatic rings. The largest absolute Gasteiger partial charge is 0.472 e. The molecule has 1 fully saturated rings. The molecular formula is C13H18N4O2. The van der Waals surface area contributed by atoms with Crippen molar-refractivity contribution in [1.82, 2.24) is 20.2 Å². The third kappa shape index (κ3) is 3.94. The zero-order valence-electron chi connectivity index (χ0n) is 10.8. The molecule has 1 aliphatic heterocycles. The number of ether oxygens (including phenoxy) is 1. The van der Waals surface area contributed by atoms with E-state index in [9.17, 15) is 4.79 Å². The first kappa shape index (κ1) is 13.3. The molecule has 1 aromatic rings. The van der Waals surface area contributed by atoms with Gasteiger partial charge in [0.15, 0.2) is 0 Å². The van der Waals surface area contributed by atoms with Gasteiger partial charge in [-0.15, -0.1) is 6.58 Å². The Morgan fingerprint density at radius 1 is 1.68 bits per heavy atom. The minimum Gasteiger partial charge on any atom is -0.472 e. The van der Waals surface area contributed by atoms with Gasteiger partial charge >= 0.3 is 6.03 Å². The number of nitrogens with zero attached hydrogens (tertiary/aromatic N) is 3. The third-order valence-electron chi connectivity index (χ3n) is 2.91. The number of nitrogens with one attached hydrogen (secondary N) is 1. The highest BCUT2D eigenvalue weighted by Gasteiger charge is 2.24. The second-order valence-electron chi connectivity index (χ2n) is 4.35. The summed E-state index contributed by atoms with van der Waals surface area (Å²) in [6.45, 7) is 5.39. The molecule has 0 spiro atoms. The van der Waals surface area contributed by atoms with E-state index in [2.05, 4.69) is 21.9 Å². The molecule has 1 saturated heterocycles. The predicted molar refractivity (Wildman–Crippen MR) is 70.9 cm³/mol. The molecule has 0 bridgehead atoms. The van der Waals surface area contributed by atoms with Crippen molar-refractivity contribution in [3.05, 3.63) is 31.2 Å². The number of piperidine rings is 1. The molecule has 1 atom stereocenters. The molecule has 6 nitrogen and oxygen atoms in total. The Labute approximate surface area is 112 Å². The van der Waals surface area contributed by atoms with E-state index in [1.165, 1.54) is 6.33 Å². The van der Waals surface area contributed by atoms with Crippen LogP contribution >= 0.6 is 0 Å². The quantitative estimate of drug-likeness (QED) is 0.828. The number of aromatic nitrogens is 2. The van der Waals surface area contributed by atoms with Gasteiger partial charge in [-0.05, 0) is 12.8 Å². The fraction of sp³-hybridized carbons (Fsp3) is 0.462. The molecule has 0 radical (unpaired) electrons. The molecule has 102 valence electrons. The maximum atomic E-state index is 11.8. The van der Waals surface area contributed by atoms with Crippen LogP contribution in [-0.2, 0) is 0 Å². The summed E-state index contributed by atoms with van der Waals surface area (Å²) in [6.07, 6.45) is 6.59. The Morgan fingerprint density at radius 2 is 2.58 bits per heavy atom. The van der Waals surface area contributed by atoms with E-state index in [1.54, 1.807) is 23.2 Å². The minimum atomic E-state index is -0.0733. The average Bonchev–Trinajstić information content (AvgIpc) is 2.46. The summed E-state index contributed by atoms with van der Waals surface area (Å²) in [5, 5.41) is 2.77. The van der Waals surface area contributed by atoms with Crippen LogP contribution in [0.4, 0.5) is 4.79 Å². The lowest BCUT2D eigenvalue weighted by Gasteiger charge is -2.32. The van der Waals surface area contributed by atoms with Crippen LogP contribution in [0.15, 0.2) is 31.2 Å². The van der Waals surface area contributed by atoms with Crippen LogP contribution in [0.5, 0.6) is 5.88 Å². The van der Waals surface area contributed by atoms with Crippen LogP contribution in [0.25, 0.3) is 0 Å². The number of hydrogen-bond acceptors (Lipinski definition) is 4. The lowest BCUT2D eigenvalue weighted by molar-refractivity contribution is 0.0981. The van der Waals surface area contributed by atoms with Crippen LogP contribution in [-0.4, -0.2) is 46.6 Å². The van der Waals surface area contributed by atoms with Crippen molar-refractivity contribution < 1.29 is 9.53 Å². The fourth-order valence-corrected chi connectivity index (χ4v) is 2.01. The highest BCUT2D eigenvalue weighted by Crippen LogP contribution is 2.15. The smallest absolute Gasteiger partial charge is 0.317 e. The van der Waals surface area contributed by atoms with Crippen LogP contribution in [0.2, 0.25) is 0 Å². The third-order valence-corrected chi connectivity index (χ3v) is 2.91.